The van der Waals surface area contributed by atoms with Crippen molar-refractivity contribution in [3.05, 3.63) is 71.5 Å². The Kier molecular flexibility index (Phi) is 9.80. The highest BCUT2D eigenvalue weighted by Gasteiger charge is 2.66. The molecule has 1 aromatic carbocycles. The van der Waals surface area contributed by atoms with Crippen molar-refractivity contribution in [2.24, 2.45) is 13.0 Å². The number of aromatic nitrogens is 4. The van der Waals surface area contributed by atoms with Gasteiger partial charge >= 0.3 is 0 Å². The van der Waals surface area contributed by atoms with E-state index < -0.39 is 73.9 Å². The van der Waals surface area contributed by atoms with Crippen LogP contribution in [0, 0.1) is 25.6 Å². The van der Waals surface area contributed by atoms with Gasteiger partial charge in [0.2, 0.25) is 27.7 Å². The van der Waals surface area contributed by atoms with Crippen LogP contribution in [0.1, 0.15) is 80.2 Å². The molecule has 2 saturated carbocycles. The number of ether oxygens (including phenoxy) is 1. The summed E-state index contributed by atoms with van der Waals surface area (Å²) in [4.78, 5) is 66.9. The fraction of sp³-hybridized carbons (Fsp3) is 0.500. The van der Waals surface area contributed by atoms with Gasteiger partial charge in [-0.15, -0.1) is 0 Å². The van der Waals surface area contributed by atoms with Gasteiger partial charge in [0.1, 0.15) is 35.4 Å². The first-order valence-electron chi connectivity index (χ1n) is 18.5. The van der Waals surface area contributed by atoms with E-state index in [0.29, 0.717) is 48.2 Å². The summed E-state index contributed by atoms with van der Waals surface area (Å²) in [6.45, 7) is 8.94. The van der Waals surface area contributed by atoms with Gasteiger partial charge < -0.3 is 20.3 Å². The standard InChI is InChI=1S/C38H45FN8O7S/c1-21-17-30(46(5)44-21)32(48)41-28-12-10-8-6-7-9-11-26-22(2)38(26,36(51)45-55(52,53)37(4)15-16-37)43-33(49)31-19-25(20-47(31)35(28)50)54-34-23(3)40-27-14-13-24(39)18-29(27)42-34/h9,11,13-14,17-18,25-26,28,31H,2,6-8,10,12,15-16,19-20H2,1,3-5H3,(H,41,48)(H,43,49)(H,45,51)/b11-9-/t25-,26?,28?,31+,38-/m1/s1. The highest BCUT2D eigenvalue weighted by Crippen LogP contribution is 2.51. The third-order valence-corrected chi connectivity index (χ3v) is 13.3. The molecule has 55 heavy (non-hydrogen) atoms. The molecule has 4 heterocycles. The van der Waals surface area contributed by atoms with Crippen LogP contribution in [-0.4, -0.2) is 91.7 Å². The SMILES string of the molecule is C=C1C2/C=C\CCCCCC(NC(=O)c3cc(C)nn3C)C(=O)N3C[C@H](Oc4nc5cc(F)ccc5nc4C)C[C@H]3C(=O)N[C@]12C(=O)NS(=O)(=O)C1(C)CC1. The van der Waals surface area contributed by atoms with Crippen LogP contribution in [0.4, 0.5) is 4.39 Å². The van der Waals surface area contributed by atoms with Crippen molar-refractivity contribution < 1.29 is 36.7 Å². The fourth-order valence-electron chi connectivity index (χ4n) is 7.50. The molecule has 4 aliphatic rings. The summed E-state index contributed by atoms with van der Waals surface area (Å²) in [6, 6.07) is 3.36. The van der Waals surface area contributed by atoms with Gasteiger partial charge in [-0.25, -0.2) is 22.8 Å². The number of carbonyl (C=O) groups is 4. The van der Waals surface area contributed by atoms with Gasteiger partial charge in [0.05, 0.1) is 28.0 Å². The zero-order valence-corrected chi connectivity index (χ0v) is 32.0. The number of nitrogens with one attached hydrogen (secondary N) is 3. The molecule has 3 aromatic rings. The first-order valence-corrected chi connectivity index (χ1v) is 20.0. The van der Waals surface area contributed by atoms with Crippen LogP contribution < -0.4 is 20.1 Å². The summed E-state index contributed by atoms with van der Waals surface area (Å²) in [5.74, 6) is -3.81. The number of aryl methyl sites for hydroxylation is 3. The lowest BCUT2D eigenvalue weighted by Crippen LogP contribution is -2.58. The highest BCUT2D eigenvalue weighted by atomic mass is 32.2. The Morgan fingerprint density at radius 1 is 1.09 bits per heavy atom. The van der Waals surface area contributed by atoms with Gasteiger partial charge in [0, 0.05) is 25.5 Å². The zero-order valence-electron chi connectivity index (χ0n) is 31.2. The summed E-state index contributed by atoms with van der Waals surface area (Å²) >= 11 is 0. The molecule has 5 atom stereocenters. The second kappa shape index (κ2) is 14.1. The lowest BCUT2D eigenvalue weighted by molar-refractivity contribution is -0.141. The Morgan fingerprint density at radius 3 is 2.56 bits per heavy atom. The summed E-state index contributed by atoms with van der Waals surface area (Å²) < 4.78 is 49.3. The van der Waals surface area contributed by atoms with Crippen molar-refractivity contribution >= 4 is 44.7 Å². The zero-order chi connectivity index (χ0) is 39.4. The number of allylic oxidation sites excluding steroid dienone is 1. The fourth-order valence-corrected chi connectivity index (χ4v) is 8.79. The van der Waals surface area contributed by atoms with Crippen molar-refractivity contribution in [3.8, 4) is 5.88 Å². The molecule has 3 N–H and O–H groups in total. The molecule has 0 radical (unpaired) electrons. The average Bonchev–Trinajstić information content (AvgIpc) is 3.87. The van der Waals surface area contributed by atoms with Crippen molar-refractivity contribution in [1.29, 1.82) is 0 Å². The van der Waals surface area contributed by atoms with Crippen LogP contribution in [0.2, 0.25) is 0 Å². The van der Waals surface area contributed by atoms with Crippen molar-refractivity contribution in [3.63, 3.8) is 0 Å². The third-order valence-electron chi connectivity index (χ3n) is 11.2. The molecular weight excluding hydrogens is 732 g/mol. The molecule has 3 fully saturated rings. The van der Waals surface area contributed by atoms with Crippen LogP contribution in [0.25, 0.3) is 11.0 Å². The molecule has 1 saturated heterocycles. The number of carbonyl (C=O) groups excluding carboxylic acids is 4. The quantitative estimate of drug-likeness (QED) is 0.301. The minimum Gasteiger partial charge on any atom is -0.471 e. The number of amides is 4. The molecule has 2 aliphatic heterocycles. The molecule has 7 rings (SSSR count). The normalized spacial score (nSPS) is 27.2. The topological polar surface area (TPSA) is 195 Å². The summed E-state index contributed by atoms with van der Waals surface area (Å²) in [7, 11) is -2.44. The lowest BCUT2D eigenvalue weighted by Gasteiger charge is -2.30. The van der Waals surface area contributed by atoms with Crippen LogP contribution in [0.3, 0.4) is 0 Å². The smallest absolute Gasteiger partial charge is 0.270 e. The molecule has 15 nitrogen and oxygen atoms in total. The van der Waals surface area contributed by atoms with E-state index in [1.165, 1.54) is 27.8 Å². The molecular formula is C38H45FN8O7S. The molecule has 2 unspecified atom stereocenters. The summed E-state index contributed by atoms with van der Waals surface area (Å²) in [5, 5.41) is 9.93. The molecule has 292 valence electrons. The third kappa shape index (κ3) is 7.21. The molecule has 4 amide bonds. The molecule has 17 heteroatoms. The number of hydrogen-bond donors (Lipinski definition) is 3. The summed E-state index contributed by atoms with van der Waals surface area (Å²) in [5.41, 5.74) is 0.521. The minimum absolute atomic E-state index is 0.0531. The van der Waals surface area contributed by atoms with Crippen molar-refractivity contribution in [2.45, 2.75) is 101 Å². The van der Waals surface area contributed by atoms with Gasteiger partial charge in [-0.3, -0.25) is 28.6 Å². The Morgan fingerprint density at radius 2 is 1.85 bits per heavy atom. The van der Waals surface area contributed by atoms with Crippen LogP contribution in [0.15, 0.2) is 48.6 Å². The largest absolute Gasteiger partial charge is 0.471 e. The maximum Gasteiger partial charge on any atom is 0.270 e. The van der Waals surface area contributed by atoms with Gasteiger partial charge in [-0.2, -0.15) is 5.10 Å². The maximum atomic E-state index is 14.6. The lowest BCUT2D eigenvalue weighted by atomic mass is 10.0. The number of halogens is 1. The average molecular weight is 777 g/mol. The first-order chi connectivity index (χ1) is 26.0. The Balaban J connectivity index is 1.22. The van der Waals surface area contributed by atoms with E-state index in [1.807, 2.05) is 6.08 Å². The first kappa shape index (κ1) is 38.1. The molecule has 2 aliphatic carbocycles. The number of nitrogens with zero attached hydrogens (tertiary/aromatic N) is 5. The monoisotopic (exact) mass is 776 g/mol. The number of fused-ring (bicyclic) bond motifs is 3. The van der Waals surface area contributed by atoms with Gasteiger partial charge in [0.15, 0.2) is 5.54 Å². The van der Waals surface area contributed by atoms with Gasteiger partial charge in [0.25, 0.3) is 11.8 Å². The Labute approximate surface area is 318 Å². The molecule has 2 aromatic heterocycles. The predicted molar refractivity (Wildman–Crippen MR) is 198 cm³/mol. The van der Waals surface area contributed by atoms with Crippen LogP contribution in [0.5, 0.6) is 5.88 Å². The van der Waals surface area contributed by atoms with Crippen molar-refractivity contribution in [1.82, 2.24) is 40.0 Å². The maximum absolute atomic E-state index is 14.6. The minimum atomic E-state index is -4.07. The van der Waals surface area contributed by atoms with E-state index in [0.717, 1.165) is 12.8 Å². The molecule has 0 bridgehead atoms. The Hall–Kier alpha value is -5.19. The summed E-state index contributed by atoms with van der Waals surface area (Å²) in [6.07, 6.45) is 6.52. The number of benzene rings is 1. The molecule has 0 spiro atoms. The van der Waals surface area contributed by atoms with Gasteiger partial charge in [-0.05, 0) is 76.6 Å². The van der Waals surface area contributed by atoms with Crippen LogP contribution >= 0.6 is 0 Å². The number of hydrogen-bond acceptors (Lipinski definition) is 10. The number of sulfonamides is 1. The van der Waals surface area contributed by atoms with E-state index in [9.17, 15) is 32.0 Å². The Bertz CT molecular complexity index is 2250. The van der Waals surface area contributed by atoms with E-state index in [1.54, 1.807) is 40.0 Å². The van der Waals surface area contributed by atoms with Gasteiger partial charge in [-0.1, -0.05) is 31.6 Å². The predicted octanol–water partition coefficient (Wildman–Crippen LogP) is 2.83. The van der Waals surface area contributed by atoms with E-state index in [-0.39, 0.29) is 36.5 Å². The highest BCUT2D eigenvalue weighted by molar-refractivity contribution is 7.91. The van der Waals surface area contributed by atoms with Crippen molar-refractivity contribution in [2.75, 3.05) is 6.54 Å². The second-order valence-electron chi connectivity index (χ2n) is 15.3. The van der Waals surface area contributed by atoms with E-state index in [2.05, 4.69) is 37.0 Å². The second-order valence-corrected chi connectivity index (χ2v) is 17.5. The van der Waals surface area contributed by atoms with E-state index >= 15 is 0 Å². The van der Waals surface area contributed by atoms with Crippen LogP contribution in [-0.2, 0) is 31.5 Å². The van der Waals surface area contributed by atoms with E-state index in [4.69, 9.17) is 4.74 Å². The number of rotatable bonds is 7.